The number of fused-ring (bicyclic) bond motifs is 1. The molecule has 0 unspecified atom stereocenters. The first-order chi connectivity index (χ1) is 9.74. The Balaban J connectivity index is 1.83. The number of carbonyl (C=O) groups is 1. The zero-order valence-corrected chi connectivity index (χ0v) is 11.2. The molecule has 0 fully saturated rings. The summed E-state index contributed by atoms with van der Waals surface area (Å²) >= 11 is 0. The van der Waals surface area contributed by atoms with Gasteiger partial charge in [-0.3, -0.25) is 9.78 Å². The van der Waals surface area contributed by atoms with Crippen LogP contribution in [0.2, 0.25) is 0 Å². The number of aromatic nitrogens is 1. The summed E-state index contributed by atoms with van der Waals surface area (Å²) in [6.07, 6.45) is 4.01. The Morgan fingerprint density at radius 1 is 1.30 bits per heavy atom. The molecule has 102 valence electrons. The molecule has 1 aromatic carbocycles. The fourth-order valence-corrected chi connectivity index (χ4v) is 2.63. The van der Waals surface area contributed by atoms with Gasteiger partial charge in [-0.1, -0.05) is 6.07 Å². The molecule has 3 rings (SSSR count). The molecule has 1 aliphatic rings. The zero-order chi connectivity index (χ0) is 13.9. The van der Waals surface area contributed by atoms with Crippen LogP contribution < -0.4 is 10.6 Å². The van der Waals surface area contributed by atoms with Crippen LogP contribution in [0.4, 0.5) is 11.4 Å². The van der Waals surface area contributed by atoms with Gasteiger partial charge >= 0.3 is 0 Å². The minimum atomic E-state index is 0.0921. The van der Waals surface area contributed by atoms with Crippen LogP contribution in [0, 0.1) is 0 Å². The van der Waals surface area contributed by atoms with Gasteiger partial charge in [-0.05, 0) is 48.7 Å². The molecule has 2 aromatic rings. The van der Waals surface area contributed by atoms with E-state index in [0.717, 1.165) is 42.0 Å². The highest BCUT2D eigenvalue weighted by atomic mass is 16.2. The van der Waals surface area contributed by atoms with Gasteiger partial charge in [0.05, 0.1) is 6.42 Å². The lowest BCUT2D eigenvalue weighted by molar-refractivity contribution is -0.118. The second-order valence-electron chi connectivity index (χ2n) is 5.03. The van der Waals surface area contributed by atoms with Gasteiger partial charge in [0.25, 0.3) is 0 Å². The standard InChI is InChI=1S/C16H17N3O/c17-13-6-7-15-12(10-13)4-3-9-19(15)16(20)11-14-5-1-2-8-18-14/h1-2,5-8,10H,3-4,9,11,17H2. The average molecular weight is 267 g/mol. The first-order valence-electron chi connectivity index (χ1n) is 6.83. The van der Waals surface area contributed by atoms with Crippen LogP contribution >= 0.6 is 0 Å². The summed E-state index contributed by atoms with van der Waals surface area (Å²) in [4.78, 5) is 18.5. The Labute approximate surface area is 118 Å². The highest BCUT2D eigenvalue weighted by Gasteiger charge is 2.22. The Kier molecular flexibility index (Phi) is 3.37. The minimum Gasteiger partial charge on any atom is -0.399 e. The van der Waals surface area contributed by atoms with Crippen molar-refractivity contribution in [2.45, 2.75) is 19.3 Å². The fourth-order valence-electron chi connectivity index (χ4n) is 2.63. The maximum atomic E-state index is 12.5. The summed E-state index contributed by atoms with van der Waals surface area (Å²) in [5.74, 6) is 0.0921. The highest BCUT2D eigenvalue weighted by Crippen LogP contribution is 2.29. The van der Waals surface area contributed by atoms with Gasteiger partial charge in [0.1, 0.15) is 0 Å². The molecule has 0 saturated carbocycles. The molecule has 0 atom stereocenters. The highest BCUT2D eigenvalue weighted by molar-refractivity contribution is 5.95. The van der Waals surface area contributed by atoms with E-state index in [4.69, 9.17) is 5.73 Å². The van der Waals surface area contributed by atoms with E-state index < -0.39 is 0 Å². The fraction of sp³-hybridized carbons (Fsp3) is 0.250. The molecule has 4 heteroatoms. The maximum Gasteiger partial charge on any atom is 0.233 e. The van der Waals surface area contributed by atoms with E-state index in [9.17, 15) is 4.79 Å². The lowest BCUT2D eigenvalue weighted by atomic mass is 10.0. The topological polar surface area (TPSA) is 59.2 Å². The average Bonchev–Trinajstić information content (AvgIpc) is 2.47. The van der Waals surface area contributed by atoms with Gasteiger partial charge in [-0.2, -0.15) is 0 Å². The molecule has 0 aliphatic carbocycles. The van der Waals surface area contributed by atoms with E-state index >= 15 is 0 Å². The second kappa shape index (κ2) is 5.33. The summed E-state index contributed by atoms with van der Waals surface area (Å²) in [5.41, 5.74) is 9.52. The van der Waals surface area contributed by atoms with Crippen LogP contribution in [0.3, 0.4) is 0 Å². The van der Waals surface area contributed by atoms with E-state index in [1.807, 2.05) is 41.3 Å². The van der Waals surface area contributed by atoms with E-state index in [-0.39, 0.29) is 5.91 Å². The lowest BCUT2D eigenvalue weighted by Gasteiger charge is -2.29. The van der Waals surface area contributed by atoms with Crippen LogP contribution in [-0.2, 0) is 17.6 Å². The smallest absolute Gasteiger partial charge is 0.233 e. The molecule has 0 bridgehead atoms. The van der Waals surface area contributed by atoms with Gasteiger partial charge < -0.3 is 10.6 Å². The van der Waals surface area contributed by atoms with Gasteiger partial charge in [0, 0.05) is 29.8 Å². The molecule has 0 spiro atoms. The predicted octanol–water partition coefficient (Wildman–Crippen LogP) is 2.19. The number of anilines is 2. The van der Waals surface area contributed by atoms with Crippen molar-refractivity contribution in [1.29, 1.82) is 0 Å². The first kappa shape index (κ1) is 12.7. The lowest BCUT2D eigenvalue weighted by Crippen LogP contribution is -2.36. The van der Waals surface area contributed by atoms with Crippen LogP contribution in [0.15, 0.2) is 42.6 Å². The third-order valence-corrected chi connectivity index (χ3v) is 3.58. The van der Waals surface area contributed by atoms with Crippen molar-refractivity contribution in [3.8, 4) is 0 Å². The summed E-state index contributed by atoms with van der Waals surface area (Å²) in [6.45, 7) is 0.766. The van der Waals surface area contributed by atoms with Crippen molar-refractivity contribution in [2.75, 3.05) is 17.2 Å². The molecule has 20 heavy (non-hydrogen) atoms. The van der Waals surface area contributed by atoms with Crippen LogP contribution in [0.1, 0.15) is 17.7 Å². The van der Waals surface area contributed by atoms with Crippen molar-refractivity contribution in [3.05, 3.63) is 53.9 Å². The van der Waals surface area contributed by atoms with Crippen LogP contribution in [0.5, 0.6) is 0 Å². The van der Waals surface area contributed by atoms with Crippen molar-refractivity contribution < 1.29 is 4.79 Å². The molecular weight excluding hydrogens is 250 g/mol. The minimum absolute atomic E-state index is 0.0921. The number of aryl methyl sites for hydroxylation is 1. The molecule has 0 saturated heterocycles. The van der Waals surface area contributed by atoms with E-state index in [2.05, 4.69) is 4.98 Å². The van der Waals surface area contributed by atoms with Crippen molar-refractivity contribution in [3.63, 3.8) is 0 Å². The number of nitrogen functional groups attached to an aromatic ring is 1. The number of hydrogen-bond acceptors (Lipinski definition) is 3. The monoisotopic (exact) mass is 267 g/mol. The number of nitrogens with zero attached hydrogens (tertiary/aromatic N) is 2. The second-order valence-corrected chi connectivity index (χ2v) is 5.03. The quantitative estimate of drug-likeness (QED) is 0.848. The molecule has 2 heterocycles. The molecule has 2 N–H and O–H groups in total. The van der Waals surface area contributed by atoms with E-state index in [0.29, 0.717) is 6.42 Å². The number of rotatable bonds is 2. The zero-order valence-electron chi connectivity index (χ0n) is 11.2. The van der Waals surface area contributed by atoms with Gasteiger partial charge in [0.15, 0.2) is 0 Å². The number of hydrogen-bond donors (Lipinski definition) is 1. The number of amides is 1. The number of nitrogens with two attached hydrogens (primary N) is 1. The van der Waals surface area contributed by atoms with Crippen molar-refractivity contribution in [1.82, 2.24) is 4.98 Å². The van der Waals surface area contributed by atoms with Crippen LogP contribution in [0.25, 0.3) is 0 Å². The number of benzene rings is 1. The normalized spacial score (nSPS) is 13.9. The molecule has 1 aromatic heterocycles. The number of carbonyl (C=O) groups excluding carboxylic acids is 1. The molecular formula is C16H17N3O. The van der Waals surface area contributed by atoms with E-state index in [1.165, 1.54) is 0 Å². The van der Waals surface area contributed by atoms with Crippen molar-refractivity contribution >= 4 is 17.3 Å². The van der Waals surface area contributed by atoms with Gasteiger partial charge in [-0.15, -0.1) is 0 Å². The summed E-state index contributed by atoms with van der Waals surface area (Å²) in [5, 5.41) is 0. The SMILES string of the molecule is Nc1ccc2c(c1)CCCN2C(=O)Cc1ccccn1. The Bertz CT molecular complexity index is 625. The van der Waals surface area contributed by atoms with Crippen molar-refractivity contribution in [2.24, 2.45) is 0 Å². The Morgan fingerprint density at radius 2 is 2.20 bits per heavy atom. The Hall–Kier alpha value is -2.36. The summed E-state index contributed by atoms with van der Waals surface area (Å²) < 4.78 is 0. The summed E-state index contributed by atoms with van der Waals surface area (Å²) in [6, 6.07) is 11.4. The maximum absolute atomic E-state index is 12.5. The predicted molar refractivity (Wildman–Crippen MR) is 79.5 cm³/mol. The molecule has 1 amide bonds. The van der Waals surface area contributed by atoms with Gasteiger partial charge in [-0.25, -0.2) is 0 Å². The number of pyridine rings is 1. The third-order valence-electron chi connectivity index (χ3n) is 3.58. The first-order valence-corrected chi connectivity index (χ1v) is 6.83. The largest absolute Gasteiger partial charge is 0.399 e. The van der Waals surface area contributed by atoms with Gasteiger partial charge in [0.2, 0.25) is 5.91 Å². The van der Waals surface area contributed by atoms with E-state index in [1.54, 1.807) is 6.20 Å². The third kappa shape index (κ3) is 2.50. The van der Waals surface area contributed by atoms with Crippen LogP contribution in [-0.4, -0.2) is 17.4 Å². The Morgan fingerprint density at radius 3 is 3.00 bits per heavy atom. The molecule has 4 nitrogen and oxygen atoms in total. The molecule has 1 aliphatic heterocycles. The molecule has 0 radical (unpaired) electrons. The summed E-state index contributed by atoms with van der Waals surface area (Å²) in [7, 11) is 0.